The molecule has 1 unspecified atom stereocenters. The van der Waals surface area contributed by atoms with Crippen molar-refractivity contribution in [1.82, 2.24) is 39.8 Å². The summed E-state index contributed by atoms with van der Waals surface area (Å²) in [6, 6.07) is 13.2. The van der Waals surface area contributed by atoms with Crippen molar-refractivity contribution in [2.75, 3.05) is 81.2 Å². The van der Waals surface area contributed by atoms with Gasteiger partial charge in [-0.25, -0.2) is 18.6 Å². The first-order valence-electron chi connectivity index (χ1n) is 29.0. The topological polar surface area (TPSA) is 186 Å². The van der Waals surface area contributed by atoms with Gasteiger partial charge in [0.25, 0.3) is 0 Å². The molecule has 0 aliphatic carbocycles. The number of nitrogens with one attached hydrogen (secondary N) is 1. The third kappa shape index (κ3) is 9.55. The molecule has 0 spiro atoms. The van der Waals surface area contributed by atoms with Gasteiger partial charge in [0.05, 0.1) is 46.4 Å². The molecule has 4 atom stereocenters. The quantitative estimate of drug-likeness (QED) is 0.0927. The molecule has 0 saturated carbocycles. The third-order valence-electron chi connectivity index (χ3n) is 18.9. The standard InChI is InChI=1S/C60H71F2N11O6/c1-3-42-46(61)11-6-37-29-38(63)30-45(50(37)42)54-52(62)55-51-47(64-54)12-8-40-32-77-27-5-21-72(40)56(51)67-58(66-55)79-34-60-19-4-22-73(60)41(14-20-60)33-78-59(76)71-25-17-36(18-26-71)28-35-15-23-70(24-16-35)39-7-9-43-48(31-39)69(2)68-53(43)44-10-13-49(74)65-57(44)75/h6-7,9,11,29-31,35-36,40-41,44H,3-5,8,10,12-28,32-34,63H2,1-2H3,(H,65,74,75)/t40-,41-,44?,60-/m0/s1. The Labute approximate surface area is 458 Å². The number of hydrogen-bond acceptors (Lipinski definition) is 14. The highest BCUT2D eigenvalue weighted by Crippen LogP contribution is 2.45. The molecule has 416 valence electrons. The van der Waals surface area contributed by atoms with E-state index >= 15 is 8.78 Å². The molecule has 0 bridgehead atoms. The van der Waals surface area contributed by atoms with Gasteiger partial charge >= 0.3 is 12.1 Å². The van der Waals surface area contributed by atoms with Crippen molar-refractivity contribution in [2.45, 2.75) is 127 Å². The van der Waals surface area contributed by atoms with Gasteiger partial charge < -0.3 is 34.6 Å². The summed E-state index contributed by atoms with van der Waals surface area (Å²) in [5.41, 5.74) is 11.3. The molecule has 7 aliphatic rings. The zero-order valence-corrected chi connectivity index (χ0v) is 45.4. The molecule has 6 aromatic rings. The van der Waals surface area contributed by atoms with Crippen molar-refractivity contribution in [1.29, 1.82) is 0 Å². The van der Waals surface area contributed by atoms with Crippen molar-refractivity contribution >= 4 is 67.7 Å². The first-order valence-corrected chi connectivity index (χ1v) is 29.0. The van der Waals surface area contributed by atoms with E-state index in [1.807, 2.05) is 23.6 Å². The van der Waals surface area contributed by atoms with E-state index in [1.54, 1.807) is 18.2 Å². The fraction of sp³-hybridized carbons (Fsp3) is 0.550. The Balaban J connectivity index is 0.638. The maximum absolute atomic E-state index is 17.6. The Morgan fingerprint density at radius 2 is 1.71 bits per heavy atom. The number of anilines is 3. The normalized spacial score (nSPS) is 24.3. The minimum atomic E-state index is -0.623. The van der Waals surface area contributed by atoms with E-state index in [4.69, 9.17) is 40.0 Å². The van der Waals surface area contributed by atoms with Crippen molar-refractivity contribution < 1.29 is 37.4 Å². The number of fused-ring (bicyclic) bond motifs is 5. The second-order valence-electron chi connectivity index (χ2n) is 23.5. The zero-order chi connectivity index (χ0) is 54.1. The summed E-state index contributed by atoms with van der Waals surface area (Å²) in [6.07, 6.45) is 12.0. The summed E-state index contributed by atoms with van der Waals surface area (Å²) in [5, 5.41) is 10.0. The number of aryl methyl sites for hydroxylation is 3. The lowest BCUT2D eigenvalue weighted by atomic mass is 9.83. The fourth-order valence-corrected chi connectivity index (χ4v) is 14.7. The number of carbonyl (C=O) groups excluding carboxylic acids is 3. The highest BCUT2D eigenvalue weighted by Gasteiger charge is 2.50. The number of benzene rings is 3. The van der Waals surface area contributed by atoms with Crippen LogP contribution in [0.15, 0.2) is 42.5 Å². The van der Waals surface area contributed by atoms with Gasteiger partial charge in [-0.1, -0.05) is 13.0 Å². The van der Waals surface area contributed by atoms with Crippen LogP contribution in [0, 0.1) is 23.5 Å². The number of rotatable bonds is 11. The molecule has 6 saturated heterocycles. The average molecular weight is 1080 g/mol. The Morgan fingerprint density at radius 1 is 0.886 bits per heavy atom. The highest BCUT2D eigenvalue weighted by molar-refractivity contribution is 6.04. The van der Waals surface area contributed by atoms with Crippen molar-refractivity contribution in [3.8, 4) is 17.3 Å². The van der Waals surface area contributed by atoms with Crippen LogP contribution >= 0.6 is 0 Å². The van der Waals surface area contributed by atoms with E-state index in [0.717, 1.165) is 106 Å². The predicted molar refractivity (Wildman–Crippen MR) is 297 cm³/mol. The Morgan fingerprint density at radius 3 is 2.52 bits per heavy atom. The van der Waals surface area contributed by atoms with Crippen LogP contribution < -0.4 is 25.6 Å². The number of likely N-dealkylation sites (tertiary alicyclic amines) is 1. The first kappa shape index (κ1) is 51.7. The van der Waals surface area contributed by atoms with E-state index < -0.39 is 11.7 Å². The third-order valence-corrected chi connectivity index (χ3v) is 18.9. The van der Waals surface area contributed by atoms with Gasteiger partial charge in [-0.05, 0) is 161 Å². The van der Waals surface area contributed by atoms with E-state index in [-0.39, 0.29) is 58.6 Å². The SMILES string of the molecule is CCc1c(F)ccc2cc(N)cc(-c3nc4c5c(nc(OC[C@@]67CCCN6[C@H](COC(=O)N6CCC(CC8CCN(c9ccc%10c(C%11CCC(=O)NC%11=O)nn(C)c%10c9)CC8)CC6)CC7)nc5c3F)N3CCCOC[C@@H]3CC4)c12. The maximum atomic E-state index is 17.6. The Bertz CT molecular complexity index is 3380. The number of nitrogen functional groups attached to an aromatic ring is 1. The minimum absolute atomic E-state index is 0.00122. The summed E-state index contributed by atoms with van der Waals surface area (Å²) in [6.45, 7) is 8.56. The lowest BCUT2D eigenvalue weighted by Crippen LogP contribution is -2.48. The molecular formula is C60H71F2N11O6. The minimum Gasteiger partial charge on any atom is -0.461 e. The molecule has 7 aliphatic heterocycles. The smallest absolute Gasteiger partial charge is 0.409 e. The van der Waals surface area contributed by atoms with Crippen LogP contribution in [0.25, 0.3) is 43.8 Å². The molecule has 3 amide bonds. The molecule has 17 nitrogen and oxygen atoms in total. The fourth-order valence-electron chi connectivity index (χ4n) is 14.7. The van der Waals surface area contributed by atoms with Crippen LogP contribution in [0.5, 0.6) is 6.01 Å². The molecule has 6 fully saturated rings. The number of carbonyl (C=O) groups is 3. The first-order chi connectivity index (χ1) is 38.4. The molecule has 19 heteroatoms. The lowest BCUT2D eigenvalue weighted by Gasteiger charge is -2.37. The van der Waals surface area contributed by atoms with Gasteiger partial charge in [-0.15, -0.1) is 0 Å². The predicted octanol–water partition coefficient (Wildman–Crippen LogP) is 8.75. The summed E-state index contributed by atoms with van der Waals surface area (Å²) < 4.78 is 53.7. The Hall–Kier alpha value is -6.73. The van der Waals surface area contributed by atoms with Crippen LogP contribution in [0.2, 0.25) is 0 Å². The van der Waals surface area contributed by atoms with Gasteiger partial charge in [0.2, 0.25) is 11.8 Å². The number of nitrogens with zero attached hydrogens (tertiary/aromatic N) is 9. The van der Waals surface area contributed by atoms with E-state index in [2.05, 4.69) is 38.2 Å². The van der Waals surface area contributed by atoms with Gasteiger partial charge in [-0.3, -0.25) is 24.5 Å². The molecule has 0 radical (unpaired) electrons. The summed E-state index contributed by atoms with van der Waals surface area (Å²) in [7, 11) is 1.91. The number of pyridine rings is 1. The second-order valence-corrected chi connectivity index (χ2v) is 23.5. The summed E-state index contributed by atoms with van der Waals surface area (Å²) in [4.78, 5) is 62.2. The molecule has 3 N–H and O–H groups in total. The number of aromatic nitrogens is 5. The molecule has 13 rings (SSSR count). The average Bonchev–Trinajstić information content (AvgIpc) is 4.25. The largest absolute Gasteiger partial charge is 0.461 e. The van der Waals surface area contributed by atoms with E-state index in [1.165, 1.54) is 12.5 Å². The molecule has 3 aromatic carbocycles. The van der Waals surface area contributed by atoms with Crippen LogP contribution in [-0.2, 0) is 39.0 Å². The Kier molecular flexibility index (Phi) is 13.8. The van der Waals surface area contributed by atoms with Crippen molar-refractivity contribution in [3.05, 3.63) is 71.1 Å². The number of halogens is 2. The molecule has 10 heterocycles. The molecule has 3 aromatic heterocycles. The number of piperidine rings is 3. The van der Waals surface area contributed by atoms with Crippen molar-refractivity contribution in [3.63, 3.8) is 0 Å². The van der Waals surface area contributed by atoms with Gasteiger partial charge in [0.15, 0.2) is 5.82 Å². The van der Waals surface area contributed by atoms with E-state index in [0.29, 0.717) is 128 Å². The van der Waals surface area contributed by atoms with Crippen LogP contribution in [0.1, 0.15) is 113 Å². The summed E-state index contributed by atoms with van der Waals surface area (Å²) in [5.74, 6) is -0.0797. The van der Waals surface area contributed by atoms with Gasteiger partial charge in [0, 0.05) is 81.2 Å². The number of ether oxygens (including phenoxy) is 3. The van der Waals surface area contributed by atoms with Crippen LogP contribution in [0.4, 0.5) is 30.8 Å². The monoisotopic (exact) mass is 1080 g/mol. The molecular weight excluding hydrogens is 1010 g/mol. The lowest BCUT2D eigenvalue weighted by molar-refractivity contribution is -0.134. The van der Waals surface area contributed by atoms with Gasteiger partial charge in [-0.2, -0.15) is 15.1 Å². The summed E-state index contributed by atoms with van der Waals surface area (Å²) >= 11 is 0. The van der Waals surface area contributed by atoms with Crippen molar-refractivity contribution in [2.24, 2.45) is 18.9 Å². The highest BCUT2D eigenvalue weighted by atomic mass is 19.1. The number of hydrogen-bond donors (Lipinski definition) is 2. The number of nitrogens with two attached hydrogens (primary N) is 1. The molecule has 79 heavy (non-hydrogen) atoms. The number of amides is 3. The van der Waals surface area contributed by atoms with Crippen LogP contribution in [-0.4, -0.2) is 136 Å². The van der Waals surface area contributed by atoms with E-state index in [9.17, 15) is 14.4 Å². The van der Waals surface area contributed by atoms with Gasteiger partial charge in [0.1, 0.15) is 36.1 Å². The van der Waals surface area contributed by atoms with Crippen LogP contribution in [0.3, 0.4) is 0 Å². The number of imide groups is 1. The second kappa shape index (κ2) is 21.1. The zero-order valence-electron chi connectivity index (χ0n) is 45.4. The maximum Gasteiger partial charge on any atom is 0.409 e.